The Kier molecular flexibility index (Phi) is 4.26. The Balaban J connectivity index is 1.97. The van der Waals surface area contributed by atoms with Crippen molar-refractivity contribution in [3.05, 3.63) is 52.3 Å². The molecule has 0 atom stereocenters. The maximum Gasteiger partial charge on any atom is 0.309 e. The van der Waals surface area contributed by atoms with Gasteiger partial charge in [-0.15, -0.1) is 22.7 Å². The number of methoxy groups -OCH3 is 1. The lowest BCUT2D eigenvalue weighted by Crippen LogP contribution is -2.05. The first kappa shape index (κ1) is 16.8. The molecule has 0 fully saturated rings. The zero-order chi connectivity index (χ0) is 18.3. The summed E-state index contributed by atoms with van der Waals surface area (Å²) < 4.78 is 7.21. The number of hydrogen-bond acceptors (Lipinski definition) is 5. The van der Waals surface area contributed by atoms with E-state index in [2.05, 4.69) is 6.07 Å². The van der Waals surface area contributed by atoms with Gasteiger partial charge in [0, 0.05) is 10.4 Å². The standard InChI is InChI=1S/C19H16N2O3S2/c1-11-18(15-4-3-9-25-15)21-14(10-16(22)23)17(20-19(21)26-11)12-5-7-13(24-2)8-6-12/h3-9H,10H2,1-2H3,(H,22,23). The Morgan fingerprint density at radius 1 is 1.27 bits per heavy atom. The number of fused-ring (bicyclic) bond motifs is 1. The quantitative estimate of drug-likeness (QED) is 0.540. The molecule has 0 saturated heterocycles. The molecule has 0 saturated carbocycles. The van der Waals surface area contributed by atoms with Gasteiger partial charge in [0.1, 0.15) is 5.75 Å². The number of imidazole rings is 1. The highest BCUT2D eigenvalue weighted by atomic mass is 32.1. The molecule has 132 valence electrons. The molecular weight excluding hydrogens is 368 g/mol. The number of aromatic nitrogens is 2. The number of thiazole rings is 1. The summed E-state index contributed by atoms with van der Waals surface area (Å²) in [6.07, 6.45) is -0.0862. The van der Waals surface area contributed by atoms with Crippen molar-refractivity contribution in [2.75, 3.05) is 7.11 Å². The first-order valence-corrected chi connectivity index (χ1v) is 9.69. The number of carbonyl (C=O) groups is 1. The molecule has 7 heteroatoms. The molecule has 1 aromatic carbocycles. The minimum atomic E-state index is -0.873. The van der Waals surface area contributed by atoms with Gasteiger partial charge in [0.05, 0.1) is 35.5 Å². The number of thiophene rings is 1. The van der Waals surface area contributed by atoms with Crippen LogP contribution in [0.4, 0.5) is 0 Å². The smallest absolute Gasteiger partial charge is 0.309 e. The first-order chi connectivity index (χ1) is 12.6. The van der Waals surface area contributed by atoms with E-state index in [1.807, 2.05) is 47.0 Å². The van der Waals surface area contributed by atoms with Crippen molar-refractivity contribution < 1.29 is 14.6 Å². The van der Waals surface area contributed by atoms with E-state index in [1.54, 1.807) is 29.8 Å². The van der Waals surface area contributed by atoms with Gasteiger partial charge in [0.2, 0.25) is 0 Å². The normalized spacial score (nSPS) is 11.2. The summed E-state index contributed by atoms with van der Waals surface area (Å²) in [4.78, 5) is 19.4. The van der Waals surface area contributed by atoms with Crippen molar-refractivity contribution >= 4 is 33.6 Å². The molecule has 5 nitrogen and oxygen atoms in total. The van der Waals surface area contributed by atoms with Gasteiger partial charge >= 0.3 is 5.97 Å². The second kappa shape index (κ2) is 6.59. The van der Waals surface area contributed by atoms with Gasteiger partial charge in [0.25, 0.3) is 0 Å². The average Bonchev–Trinajstić information content (AvgIpc) is 3.32. The second-order valence-electron chi connectivity index (χ2n) is 5.81. The minimum absolute atomic E-state index is 0.0862. The number of benzene rings is 1. The monoisotopic (exact) mass is 384 g/mol. The van der Waals surface area contributed by atoms with Gasteiger partial charge in [-0.2, -0.15) is 0 Å². The molecule has 0 unspecified atom stereocenters. The Morgan fingerprint density at radius 2 is 2.04 bits per heavy atom. The third-order valence-corrected chi connectivity index (χ3v) is 6.01. The molecule has 0 aliphatic heterocycles. The van der Waals surface area contributed by atoms with E-state index in [4.69, 9.17) is 9.72 Å². The number of nitrogens with zero attached hydrogens (tertiary/aromatic N) is 2. The molecular formula is C19H16N2O3S2. The van der Waals surface area contributed by atoms with Crippen molar-refractivity contribution in [2.45, 2.75) is 13.3 Å². The van der Waals surface area contributed by atoms with E-state index in [9.17, 15) is 9.90 Å². The van der Waals surface area contributed by atoms with E-state index >= 15 is 0 Å². The number of hydrogen-bond donors (Lipinski definition) is 1. The summed E-state index contributed by atoms with van der Waals surface area (Å²) in [6, 6.07) is 11.6. The lowest BCUT2D eigenvalue weighted by Gasteiger charge is -2.06. The SMILES string of the molecule is COc1ccc(-c2nc3sc(C)c(-c4cccs4)n3c2CC(=O)O)cc1. The Bertz CT molecular complexity index is 1080. The number of carboxylic acids is 1. The molecule has 1 N–H and O–H groups in total. The van der Waals surface area contributed by atoms with Gasteiger partial charge in [-0.3, -0.25) is 9.20 Å². The van der Waals surface area contributed by atoms with Crippen LogP contribution in [-0.4, -0.2) is 27.6 Å². The zero-order valence-electron chi connectivity index (χ0n) is 14.2. The second-order valence-corrected chi connectivity index (χ2v) is 7.94. The third kappa shape index (κ3) is 2.79. The van der Waals surface area contributed by atoms with Crippen LogP contribution in [0.15, 0.2) is 41.8 Å². The van der Waals surface area contributed by atoms with Crippen LogP contribution >= 0.6 is 22.7 Å². The Labute approximate surface area is 158 Å². The predicted octanol–water partition coefficient (Wildman–Crippen LogP) is 4.74. The van der Waals surface area contributed by atoms with Gasteiger partial charge in [0.15, 0.2) is 4.96 Å². The summed E-state index contributed by atoms with van der Waals surface area (Å²) in [5, 5.41) is 11.5. The van der Waals surface area contributed by atoms with E-state index in [1.165, 1.54) is 0 Å². The summed E-state index contributed by atoms with van der Waals surface area (Å²) in [7, 11) is 1.62. The third-order valence-electron chi connectivity index (χ3n) is 4.18. The first-order valence-electron chi connectivity index (χ1n) is 7.99. The van der Waals surface area contributed by atoms with Gasteiger partial charge in [-0.05, 0) is 42.6 Å². The molecule has 3 aromatic heterocycles. The highest BCUT2D eigenvalue weighted by Crippen LogP contribution is 2.38. The molecule has 4 aromatic rings. The summed E-state index contributed by atoms with van der Waals surface area (Å²) in [6.45, 7) is 2.05. The van der Waals surface area contributed by atoms with Crippen molar-refractivity contribution in [2.24, 2.45) is 0 Å². The fraction of sp³-hybridized carbons (Fsp3) is 0.158. The van der Waals surface area contributed by atoms with Crippen LogP contribution in [0.25, 0.3) is 26.8 Å². The van der Waals surface area contributed by atoms with Crippen molar-refractivity contribution in [1.82, 2.24) is 9.38 Å². The number of carboxylic acid groups (broad SMARTS) is 1. The fourth-order valence-corrected chi connectivity index (χ4v) is 4.94. The fourth-order valence-electron chi connectivity index (χ4n) is 3.06. The van der Waals surface area contributed by atoms with Crippen LogP contribution in [0, 0.1) is 6.92 Å². The van der Waals surface area contributed by atoms with Gasteiger partial charge < -0.3 is 9.84 Å². The lowest BCUT2D eigenvalue weighted by molar-refractivity contribution is -0.136. The highest BCUT2D eigenvalue weighted by molar-refractivity contribution is 7.18. The molecule has 0 radical (unpaired) electrons. The van der Waals surface area contributed by atoms with E-state index in [0.29, 0.717) is 11.4 Å². The minimum Gasteiger partial charge on any atom is -0.497 e. The van der Waals surface area contributed by atoms with Crippen LogP contribution in [0.1, 0.15) is 10.6 Å². The maximum atomic E-state index is 11.5. The van der Waals surface area contributed by atoms with Crippen LogP contribution < -0.4 is 4.74 Å². The Hall–Kier alpha value is -2.64. The van der Waals surface area contributed by atoms with Crippen molar-refractivity contribution in [3.8, 4) is 27.6 Å². The van der Waals surface area contributed by atoms with Crippen LogP contribution in [-0.2, 0) is 11.2 Å². The molecule has 4 rings (SSSR count). The largest absolute Gasteiger partial charge is 0.497 e. The summed E-state index contributed by atoms with van der Waals surface area (Å²) >= 11 is 3.22. The molecule has 3 heterocycles. The zero-order valence-corrected chi connectivity index (χ0v) is 15.9. The number of aryl methyl sites for hydroxylation is 1. The maximum absolute atomic E-state index is 11.5. The summed E-state index contributed by atoms with van der Waals surface area (Å²) in [5.41, 5.74) is 3.32. The number of rotatable bonds is 5. The Morgan fingerprint density at radius 3 is 2.65 bits per heavy atom. The van der Waals surface area contributed by atoms with E-state index in [0.717, 1.165) is 31.7 Å². The summed E-state index contributed by atoms with van der Waals surface area (Å²) in [5.74, 6) is -0.118. The predicted molar refractivity (Wildman–Crippen MR) is 104 cm³/mol. The lowest BCUT2D eigenvalue weighted by atomic mass is 10.1. The average molecular weight is 384 g/mol. The molecule has 26 heavy (non-hydrogen) atoms. The molecule has 0 aliphatic carbocycles. The van der Waals surface area contributed by atoms with Crippen LogP contribution in [0.3, 0.4) is 0 Å². The highest BCUT2D eigenvalue weighted by Gasteiger charge is 2.23. The number of aliphatic carboxylic acids is 1. The van der Waals surface area contributed by atoms with Crippen LogP contribution in [0.5, 0.6) is 5.75 Å². The topological polar surface area (TPSA) is 63.8 Å². The van der Waals surface area contributed by atoms with Gasteiger partial charge in [-0.1, -0.05) is 6.07 Å². The van der Waals surface area contributed by atoms with Gasteiger partial charge in [-0.25, -0.2) is 4.98 Å². The van der Waals surface area contributed by atoms with E-state index in [-0.39, 0.29) is 6.42 Å². The molecule has 0 bridgehead atoms. The number of ether oxygens (including phenoxy) is 1. The molecule has 0 amide bonds. The van der Waals surface area contributed by atoms with E-state index < -0.39 is 5.97 Å². The molecule has 0 spiro atoms. The van der Waals surface area contributed by atoms with Crippen molar-refractivity contribution in [3.63, 3.8) is 0 Å². The van der Waals surface area contributed by atoms with Crippen molar-refractivity contribution in [1.29, 1.82) is 0 Å². The van der Waals surface area contributed by atoms with Crippen LogP contribution in [0.2, 0.25) is 0 Å². The molecule has 0 aliphatic rings.